The second kappa shape index (κ2) is 11.3. The summed E-state index contributed by atoms with van der Waals surface area (Å²) in [7, 11) is 0. The predicted octanol–water partition coefficient (Wildman–Crippen LogP) is 6.76. The Balaban J connectivity index is 2.09. The van der Waals surface area contributed by atoms with Crippen LogP contribution in [-0.4, -0.2) is 23.1 Å². The first-order valence-electron chi connectivity index (χ1n) is 11.9. The van der Waals surface area contributed by atoms with E-state index in [2.05, 4.69) is 0 Å². The Morgan fingerprint density at radius 3 is 1.58 bits per heavy atom. The van der Waals surface area contributed by atoms with Gasteiger partial charge in [-0.15, -0.1) is 0 Å². The number of carbonyl (C=O) groups is 2. The van der Waals surface area contributed by atoms with Crippen LogP contribution < -0.4 is 9.47 Å². The van der Waals surface area contributed by atoms with Gasteiger partial charge < -0.3 is 18.9 Å². The molecule has 0 atom stereocenters. The molecule has 0 aromatic heterocycles. The maximum absolute atomic E-state index is 13.5. The van der Waals surface area contributed by atoms with Crippen molar-refractivity contribution in [3.63, 3.8) is 0 Å². The van der Waals surface area contributed by atoms with E-state index in [1.165, 1.54) is 0 Å². The zero-order valence-corrected chi connectivity index (χ0v) is 21.8. The molecule has 3 rings (SSSR count). The average Bonchev–Trinajstić information content (AvgIpc) is 2.80. The molecule has 3 aromatic carbocycles. The largest absolute Gasteiger partial charge is 0.488 e. The number of benzene rings is 3. The molecule has 0 radical (unpaired) electrons. The zero-order valence-electron chi connectivity index (χ0n) is 21.8. The normalized spacial score (nSPS) is 11.5. The quantitative estimate of drug-likeness (QED) is 0.325. The minimum Gasteiger partial charge on any atom is -0.488 e. The monoisotopic (exact) mass is 490 g/mol. The predicted molar refractivity (Wildman–Crippen MR) is 138 cm³/mol. The van der Waals surface area contributed by atoms with Gasteiger partial charge in [0.05, 0.1) is 0 Å². The number of hydrogen-bond donors (Lipinski definition) is 0. The van der Waals surface area contributed by atoms with Gasteiger partial charge in [-0.1, -0.05) is 60.7 Å². The highest BCUT2D eigenvalue weighted by Gasteiger charge is 2.31. The summed E-state index contributed by atoms with van der Waals surface area (Å²) in [6.45, 7) is 11.0. The van der Waals surface area contributed by atoms with Crippen LogP contribution in [0.5, 0.6) is 11.5 Å². The van der Waals surface area contributed by atoms with Gasteiger partial charge in [-0.05, 0) is 64.8 Å². The molecular formula is C30H34O6. The minimum atomic E-state index is -0.771. The second-order valence-corrected chi connectivity index (χ2v) is 10.4. The smallest absolute Gasteiger partial charge is 0.346 e. The number of hydrogen-bond acceptors (Lipinski definition) is 6. The van der Waals surface area contributed by atoms with Crippen LogP contribution in [0.1, 0.15) is 73.4 Å². The van der Waals surface area contributed by atoms with Crippen LogP contribution in [0.2, 0.25) is 0 Å². The average molecular weight is 491 g/mol. The van der Waals surface area contributed by atoms with Gasteiger partial charge in [-0.2, -0.15) is 0 Å². The van der Waals surface area contributed by atoms with Gasteiger partial charge in [0.15, 0.2) is 5.75 Å². The second-order valence-electron chi connectivity index (χ2n) is 10.4. The molecule has 0 aliphatic heterocycles. The summed E-state index contributed by atoms with van der Waals surface area (Å²) >= 11 is 0. The van der Waals surface area contributed by atoms with Gasteiger partial charge in [0, 0.05) is 0 Å². The van der Waals surface area contributed by atoms with E-state index in [0.29, 0.717) is 0 Å². The lowest BCUT2D eigenvalue weighted by Crippen LogP contribution is -2.26. The summed E-state index contributed by atoms with van der Waals surface area (Å²) in [5, 5.41) is 0. The van der Waals surface area contributed by atoms with Crippen molar-refractivity contribution < 1.29 is 28.5 Å². The van der Waals surface area contributed by atoms with Crippen LogP contribution in [0, 0.1) is 0 Å². The van der Waals surface area contributed by atoms with Gasteiger partial charge in [0.2, 0.25) is 0 Å². The Morgan fingerprint density at radius 2 is 1.08 bits per heavy atom. The third kappa shape index (κ3) is 7.87. The fourth-order valence-electron chi connectivity index (χ4n) is 3.32. The van der Waals surface area contributed by atoms with E-state index in [0.717, 1.165) is 11.1 Å². The molecule has 0 saturated heterocycles. The molecule has 0 fully saturated rings. The highest BCUT2D eigenvalue weighted by Crippen LogP contribution is 2.36. The van der Waals surface area contributed by atoms with Gasteiger partial charge in [-0.25, -0.2) is 9.59 Å². The van der Waals surface area contributed by atoms with E-state index >= 15 is 0 Å². The molecule has 0 N–H and O–H groups in total. The first-order chi connectivity index (χ1) is 16.9. The zero-order chi connectivity index (χ0) is 26.3. The van der Waals surface area contributed by atoms with Crippen molar-refractivity contribution in [2.75, 3.05) is 0 Å². The molecule has 6 nitrogen and oxygen atoms in total. The van der Waals surface area contributed by atoms with E-state index in [1.54, 1.807) is 53.7 Å². The molecule has 0 spiro atoms. The number of ether oxygens (including phenoxy) is 4. The van der Waals surface area contributed by atoms with Crippen molar-refractivity contribution in [1.82, 2.24) is 0 Å². The lowest BCUT2D eigenvalue weighted by atomic mass is 10.1. The maximum Gasteiger partial charge on any atom is 0.346 e. The van der Waals surface area contributed by atoms with Gasteiger partial charge in [-0.3, -0.25) is 0 Å². The van der Waals surface area contributed by atoms with Crippen LogP contribution in [-0.2, 0) is 22.7 Å². The van der Waals surface area contributed by atoms with Crippen LogP contribution in [0.25, 0.3) is 0 Å². The van der Waals surface area contributed by atoms with Crippen molar-refractivity contribution in [3.8, 4) is 11.5 Å². The van der Waals surface area contributed by atoms with Crippen molar-refractivity contribution in [2.45, 2.75) is 66.0 Å². The van der Waals surface area contributed by atoms with Crippen molar-refractivity contribution in [2.24, 2.45) is 0 Å². The summed E-state index contributed by atoms with van der Waals surface area (Å²) in [5.41, 5.74) is 0.456. The molecule has 0 aliphatic rings. The third-order valence-electron chi connectivity index (χ3n) is 4.80. The molecule has 6 heteroatoms. The summed E-state index contributed by atoms with van der Waals surface area (Å²) < 4.78 is 23.5. The summed E-state index contributed by atoms with van der Waals surface area (Å²) in [6.07, 6.45) is 0. The molecule has 0 amide bonds. The van der Waals surface area contributed by atoms with Crippen molar-refractivity contribution >= 4 is 11.9 Å². The van der Waals surface area contributed by atoms with Gasteiger partial charge in [0.25, 0.3) is 0 Å². The van der Waals surface area contributed by atoms with Crippen LogP contribution in [0.15, 0.2) is 72.8 Å². The molecule has 0 saturated carbocycles. The highest BCUT2D eigenvalue weighted by atomic mass is 16.6. The lowest BCUT2D eigenvalue weighted by Gasteiger charge is -2.24. The molecule has 190 valence electrons. The fraction of sp³-hybridized carbons (Fsp3) is 0.333. The molecule has 36 heavy (non-hydrogen) atoms. The molecule has 3 aromatic rings. The lowest BCUT2D eigenvalue weighted by molar-refractivity contribution is 0.00597. The Hall–Kier alpha value is -3.80. The molecule has 0 heterocycles. The van der Waals surface area contributed by atoms with Gasteiger partial charge >= 0.3 is 11.9 Å². The topological polar surface area (TPSA) is 71.1 Å². The number of rotatable bonds is 8. The van der Waals surface area contributed by atoms with Crippen molar-refractivity contribution in [1.29, 1.82) is 0 Å². The van der Waals surface area contributed by atoms with E-state index in [9.17, 15) is 9.59 Å². The fourth-order valence-corrected chi connectivity index (χ4v) is 3.32. The Morgan fingerprint density at radius 1 is 0.611 bits per heavy atom. The van der Waals surface area contributed by atoms with E-state index < -0.39 is 23.1 Å². The first-order valence-corrected chi connectivity index (χ1v) is 11.9. The summed E-state index contributed by atoms with van der Waals surface area (Å²) in [4.78, 5) is 26.6. The van der Waals surface area contributed by atoms with E-state index in [4.69, 9.17) is 18.9 Å². The third-order valence-corrected chi connectivity index (χ3v) is 4.80. The summed E-state index contributed by atoms with van der Waals surface area (Å²) in [5.74, 6) is -0.944. The standard InChI is InChI=1S/C30H34O6/c1-29(2,3)35-27(31)23-17-18-24(33-19-21-13-9-7-10-14-21)25(28(32)36-30(4,5)6)26(23)34-20-22-15-11-8-12-16-22/h7-18H,19-20H2,1-6H3. The Labute approximate surface area is 213 Å². The number of esters is 2. The van der Waals surface area contributed by atoms with Crippen LogP contribution in [0.3, 0.4) is 0 Å². The number of carbonyl (C=O) groups excluding carboxylic acids is 2. The van der Waals surface area contributed by atoms with Crippen LogP contribution >= 0.6 is 0 Å². The molecule has 0 bridgehead atoms. The SMILES string of the molecule is CC(C)(C)OC(=O)c1ccc(OCc2ccccc2)c(C(=O)OC(C)(C)C)c1OCc1ccccc1. The Bertz CT molecular complexity index is 1170. The van der Waals surface area contributed by atoms with Crippen molar-refractivity contribution in [3.05, 3.63) is 95.1 Å². The maximum atomic E-state index is 13.5. The minimum absolute atomic E-state index is 0.0418. The van der Waals surface area contributed by atoms with Gasteiger partial charge in [0.1, 0.15) is 41.3 Å². The van der Waals surface area contributed by atoms with E-state index in [1.807, 2.05) is 60.7 Å². The van der Waals surface area contributed by atoms with Crippen LogP contribution in [0.4, 0.5) is 0 Å². The molecule has 0 unspecified atom stereocenters. The van der Waals surface area contributed by atoms with E-state index in [-0.39, 0.29) is 35.8 Å². The Kier molecular flexibility index (Phi) is 8.41. The highest BCUT2D eigenvalue weighted by molar-refractivity contribution is 6.02. The summed E-state index contributed by atoms with van der Waals surface area (Å²) in [6, 6.07) is 22.2. The molecular weight excluding hydrogens is 456 g/mol. The first kappa shape index (κ1) is 26.8. The molecule has 0 aliphatic carbocycles.